The smallest absolute Gasteiger partial charge is 0.189 e. The lowest BCUT2D eigenvalue weighted by atomic mass is 9.91. The number of ether oxygens (including phenoxy) is 2. The lowest BCUT2D eigenvalue weighted by Gasteiger charge is -2.31. The Balaban J connectivity index is 2.59. The van der Waals surface area contributed by atoms with Crippen LogP contribution in [0.1, 0.15) is 12.5 Å². The fourth-order valence-corrected chi connectivity index (χ4v) is 2.25. The predicted molar refractivity (Wildman–Crippen MR) is 69.1 cm³/mol. The molecule has 0 aliphatic carbocycles. The maximum atomic E-state index is 10.7. The topological polar surface area (TPSA) is 51.6 Å². The zero-order chi connectivity index (χ0) is 13.2. The summed E-state index contributed by atoms with van der Waals surface area (Å²) >= 11 is 0. The van der Waals surface area contributed by atoms with Crippen molar-refractivity contribution >= 4 is 10.8 Å². The second-order valence-electron chi connectivity index (χ2n) is 4.35. The monoisotopic (exact) mass is 247 g/mol. The summed E-state index contributed by atoms with van der Waals surface area (Å²) in [7, 11) is 3.02. The number of aromatic nitrogens is 1. The molecule has 4 heteroatoms. The molecule has 0 aliphatic rings. The standard InChI is InChI=1S/C14H17NO3/c1-14(16,13(17-2)18-3)12-6-4-5-10-9-15-8-7-11(10)12/h4-9,13,16H,1-3H3. The zero-order valence-electron chi connectivity index (χ0n) is 10.8. The van der Waals surface area contributed by atoms with Gasteiger partial charge in [0.25, 0.3) is 0 Å². The molecule has 2 rings (SSSR count). The van der Waals surface area contributed by atoms with Crippen molar-refractivity contribution in [2.24, 2.45) is 0 Å². The molecular weight excluding hydrogens is 230 g/mol. The number of aliphatic hydroxyl groups is 1. The summed E-state index contributed by atoms with van der Waals surface area (Å²) in [6, 6.07) is 7.58. The van der Waals surface area contributed by atoms with Crippen LogP contribution in [0.15, 0.2) is 36.7 Å². The van der Waals surface area contributed by atoms with Crippen molar-refractivity contribution < 1.29 is 14.6 Å². The molecule has 0 amide bonds. The molecule has 0 spiro atoms. The minimum absolute atomic E-state index is 0.726. The average molecular weight is 247 g/mol. The molecule has 96 valence electrons. The number of rotatable bonds is 4. The van der Waals surface area contributed by atoms with E-state index >= 15 is 0 Å². The van der Waals surface area contributed by atoms with Crippen LogP contribution in [0.25, 0.3) is 10.8 Å². The van der Waals surface area contributed by atoms with Gasteiger partial charge < -0.3 is 14.6 Å². The molecule has 1 atom stereocenters. The fraction of sp³-hybridized carbons (Fsp3) is 0.357. The lowest BCUT2D eigenvalue weighted by molar-refractivity contribution is -0.212. The van der Waals surface area contributed by atoms with Gasteiger partial charge in [-0.2, -0.15) is 0 Å². The van der Waals surface area contributed by atoms with Crippen molar-refractivity contribution in [2.75, 3.05) is 14.2 Å². The molecule has 1 N–H and O–H groups in total. The van der Waals surface area contributed by atoms with Gasteiger partial charge in [0.15, 0.2) is 6.29 Å². The van der Waals surface area contributed by atoms with Crippen molar-refractivity contribution in [3.05, 3.63) is 42.2 Å². The van der Waals surface area contributed by atoms with Crippen molar-refractivity contribution in [1.29, 1.82) is 0 Å². The lowest BCUT2D eigenvalue weighted by Crippen LogP contribution is -2.39. The van der Waals surface area contributed by atoms with Crippen LogP contribution in [0.3, 0.4) is 0 Å². The molecule has 2 aromatic rings. The van der Waals surface area contributed by atoms with Crippen molar-refractivity contribution in [1.82, 2.24) is 4.98 Å². The van der Waals surface area contributed by atoms with Crippen molar-refractivity contribution in [3.63, 3.8) is 0 Å². The minimum Gasteiger partial charge on any atom is -0.380 e. The number of nitrogens with zero attached hydrogens (tertiary/aromatic N) is 1. The van der Waals surface area contributed by atoms with E-state index in [1.807, 2.05) is 24.3 Å². The minimum atomic E-state index is -1.23. The van der Waals surface area contributed by atoms with Gasteiger partial charge in [-0.15, -0.1) is 0 Å². The van der Waals surface area contributed by atoms with Gasteiger partial charge in [-0.3, -0.25) is 4.98 Å². The Morgan fingerprint density at radius 3 is 2.61 bits per heavy atom. The van der Waals surface area contributed by atoms with Gasteiger partial charge in [0.1, 0.15) is 5.60 Å². The summed E-state index contributed by atoms with van der Waals surface area (Å²) in [4.78, 5) is 4.08. The third-order valence-electron chi connectivity index (χ3n) is 3.11. The van der Waals surface area contributed by atoms with E-state index in [4.69, 9.17) is 9.47 Å². The summed E-state index contributed by atoms with van der Waals surface area (Å²) in [5.41, 5.74) is -0.472. The molecule has 1 unspecified atom stereocenters. The highest BCUT2D eigenvalue weighted by Crippen LogP contribution is 2.32. The van der Waals surface area contributed by atoms with Crippen LogP contribution in [-0.4, -0.2) is 30.6 Å². The van der Waals surface area contributed by atoms with E-state index in [0.29, 0.717) is 0 Å². The third-order valence-corrected chi connectivity index (χ3v) is 3.11. The molecule has 4 nitrogen and oxygen atoms in total. The van der Waals surface area contributed by atoms with E-state index in [1.165, 1.54) is 14.2 Å². The number of hydrogen-bond acceptors (Lipinski definition) is 4. The highest BCUT2D eigenvalue weighted by molar-refractivity contribution is 5.85. The Kier molecular flexibility index (Phi) is 3.61. The van der Waals surface area contributed by atoms with E-state index in [2.05, 4.69) is 4.98 Å². The van der Waals surface area contributed by atoms with Gasteiger partial charge >= 0.3 is 0 Å². The van der Waals surface area contributed by atoms with E-state index in [-0.39, 0.29) is 0 Å². The number of fused-ring (bicyclic) bond motifs is 1. The van der Waals surface area contributed by atoms with Crippen LogP contribution in [0.5, 0.6) is 0 Å². The van der Waals surface area contributed by atoms with Crippen LogP contribution in [-0.2, 0) is 15.1 Å². The SMILES string of the molecule is COC(OC)C(C)(O)c1cccc2cnccc12. The molecule has 1 heterocycles. The van der Waals surface area contributed by atoms with Gasteiger partial charge in [0, 0.05) is 32.0 Å². The molecule has 0 fully saturated rings. The first-order valence-electron chi connectivity index (χ1n) is 5.72. The fourth-order valence-electron chi connectivity index (χ4n) is 2.25. The molecule has 0 saturated heterocycles. The summed E-state index contributed by atoms with van der Waals surface area (Å²) in [6.45, 7) is 1.68. The first kappa shape index (κ1) is 13.0. The molecule has 0 saturated carbocycles. The van der Waals surface area contributed by atoms with E-state index in [0.717, 1.165) is 16.3 Å². The number of benzene rings is 1. The van der Waals surface area contributed by atoms with E-state index < -0.39 is 11.9 Å². The summed E-state index contributed by atoms with van der Waals surface area (Å²) in [5, 5.41) is 12.6. The molecule has 1 aromatic carbocycles. The second-order valence-corrected chi connectivity index (χ2v) is 4.35. The molecule has 0 aliphatic heterocycles. The maximum absolute atomic E-state index is 10.7. The van der Waals surface area contributed by atoms with Gasteiger partial charge in [-0.1, -0.05) is 18.2 Å². The average Bonchev–Trinajstić information content (AvgIpc) is 2.39. The molecule has 0 radical (unpaired) electrons. The van der Waals surface area contributed by atoms with Gasteiger partial charge in [0.2, 0.25) is 0 Å². The maximum Gasteiger partial charge on any atom is 0.189 e. The highest BCUT2D eigenvalue weighted by Gasteiger charge is 2.35. The Bertz CT molecular complexity index is 530. The normalized spacial score (nSPS) is 14.9. The van der Waals surface area contributed by atoms with Crippen molar-refractivity contribution in [2.45, 2.75) is 18.8 Å². The molecule has 18 heavy (non-hydrogen) atoms. The molecule has 1 aromatic heterocycles. The summed E-state index contributed by atoms with van der Waals surface area (Å²) in [5.74, 6) is 0. The van der Waals surface area contributed by atoms with Crippen molar-refractivity contribution in [3.8, 4) is 0 Å². The zero-order valence-corrected chi connectivity index (χ0v) is 10.8. The third kappa shape index (κ3) is 2.10. The molecule has 0 bridgehead atoms. The van der Waals surface area contributed by atoms with Gasteiger partial charge in [-0.05, 0) is 23.9 Å². The predicted octanol–water partition coefficient (Wildman–Crippen LogP) is 2.06. The van der Waals surface area contributed by atoms with E-state index in [9.17, 15) is 5.11 Å². The first-order valence-corrected chi connectivity index (χ1v) is 5.72. The summed E-state index contributed by atoms with van der Waals surface area (Å²) in [6.07, 6.45) is 2.75. The highest BCUT2D eigenvalue weighted by atomic mass is 16.7. The van der Waals surface area contributed by atoms with Gasteiger partial charge in [0.05, 0.1) is 0 Å². The number of hydrogen-bond donors (Lipinski definition) is 1. The summed E-state index contributed by atoms with van der Waals surface area (Å²) < 4.78 is 10.4. The Morgan fingerprint density at radius 2 is 1.94 bits per heavy atom. The Morgan fingerprint density at radius 1 is 1.22 bits per heavy atom. The quantitative estimate of drug-likeness (QED) is 0.840. The number of pyridine rings is 1. The van der Waals surface area contributed by atoms with Crippen LogP contribution in [0, 0.1) is 0 Å². The largest absolute Gasteiger partial charge is 0.380 e. The first-order chi connectivity index (χ1) is 8.61. The Labute approximate surface area is 106 Å². The van der Waals surface area contributed by atoms with Crippen LogP contribution >= 0.6 is 0 Å². The van der Waals surface area contributed by atoms with Gasteiger partial charge in [-0.25, -0.2) is 0 Å². The van der Waals surface area contributed by atoms with Crippen LogP contribution in [0.4, 0.5) is 0 Å². The second kappa shape index (κ2) is 5.02. The van der Waals surface area contributed by atoms with Crippen LogP contribution < -0.4 is 0 Å². The number of methoxy groups -OCH3 is 2. The van der Waals surface area contributed by atoms with Crippen LogP contribution in [0.2, 0.25) is 0 Å². The van der Waals surface area contributed by atoms with E-state index in [1.54, 1.807) is 19.3 Å². The Hall–Kier alpha value is -1.49. The molecular formula is C14H17NO3.